The van der Waals surface area contributed by atoms with Crippen LogP contribution in [0.1, 0.15) is 53.3 Å². The number of benzene rings is 1. The van der Waals surface area contributed by atoms with Crippen LogP contribution < -0.4 is 14.8 Å². The molecular formula is C24H30N2O4S. The molecule has 166 valence electrons. The van der Waals surface area contributed by atoms with Crippen LogP contribution in [0.3, 0.4) is 0 Å². The Kier molecular flexibility index (Phi) is 6.55. The highest BCUT2D eigenvalue weighted by Crippen LogP contribution is 2.44. The normalized spacial score (nSPS) is 17.5. The van der Waals surface area contributed by atoms with Gasteiger partial charge in [0.2, 0.25) is 0 Å². The van der Waals surface area contributed by atoms with Crippen LogP contribution in [-0.4, -0.2) is 33.3 Å². The molecule has 0 spiro atoms. The van der Waals surface area contributed by atoms with Gasteiger partial charge in [-0.2, -0.15) is 0 Å². The van der Waals surface area contributed by atoms with Gasteiger partial charge in [-0.1, -0.05) is 12.2 Å². The number of aromatic nitrogens is 1. The number of thiocarbonyl (C=S) groups is 1. The second kappa shape index (κ2) is 8.83. The zero-order valence-electron chi connectivity index (χ0n) is 19.0. The molecule has 31 heavy (non-hydrogen) atoms. The zero-order valence-corrected chi connectivity index (χ0v) is 19.8. The molecule has 1 atom stereocenters. The number of pyridine rings is 1. The van der Waals surface area contributed by atoms with E-state index in [1.807, 2.05) is 46.8 Å². The lowest BCUT2D eigenvalue weighted by Gasteiger charge is -2.38. The minimum absolute atomic E-state index is 0.356. The van der Waals surface area contributed by atoms with Crippen LogP contribution >= 0.6 is 12.2 Å². The minimum Gasteiger partial charge on any atom is -0.487 e. The highest BCUT2D eigenvalue weighted by Gasteiger charge is 2.35. The maximum atomic E-state index is 11.0. The van der Waals surface area contributed by atoms with Gasteiger partial charge in [-0.15, -0.1) is 0 Å². The van der Waals surface area contributed by atoms with E-state index in [1.54, 1.807) is 0 Å². The van der Waals surface area contributed by atoms with Crippen LogP contribution in [0.5, 0.6) is 11.5 Å². The SMILES string of the molecule is Cc1cc(C)nc(NC(=S)CC2(C)CCc3c(C)c(OCC(=O)O)c(C)c(C)c3O2)c1. The summed E-state index contributed by atoms with van der Waals surface area (Å²) in [5.74, 6) is 1.27. The van der Waals surface area contributed by atoms with Crippen molar-refractivity contribution in [1.82, 2.24) is 4.98 Å². The Hall–Kier alpha value is -2.67. The number of ether oxygens (including phenoxy) is 2. The first-order valence-corrected chi connectivity index (χ1v) is 10.8. The van der Waals surface area contributed by atoms with Gasteiger partial charge in [0.15, 0.2) is 6.61 Å². The first-order chi connectivity index (χ1) is 14.5. The number of aryl methyl sites for hydroxylation is 2. The van der Waals surface area contributed by atoms with Crippen LogP contribution in [0.15, 0.2) is 12.1 Å². The van der Waals surface area contributed by atoms with Crippen molar-refractivity contribution < 1.29 is 19.4 Å². The summed E-state index contributed by atoms with van der Waals surface area (Å²) < 4.78 is 12.1. The van der Waals surface area contributed by atoms with E-state index in [1.165, 1.54) is 0 Å². The molecular weight excluding hydrogens is 412 g/mol. The van der Waals surface area contributed by atoms with Gasteiger partial charge in [0.25, 0.3) is 0 Å². The van der Waals surface area contributed by atoms with Crippen molar-refractivity contribution >= 4 is 29.0 Å². The van der Waals surface area contributed by atoms with E-state index < -0.39 is 11.6 Å². The molecule has 2 N–H and O–H groups in total. The van der Waals surface area contributed by atoms with Crippen LogP contribution in [0, 0.1) is 34.6 Å². The number of rotatable bonds is 6. The molecule has 0 amide bonds. The molecule has 0 aliphatic carbocycles. The minimum atomic E-state index is -0.989. The molecule has 3 rings (SSSR count). The average Bonchev–Trinajstić information content (AvgIpc) is 2.64. The third kappa shape index (κ3) is 5.15. The molecule has 2 aromatic rings. The van der Waals surface area contributed by atoms with Crippen LogP contribution in [0.25, 0.3) is 0 Å². The summed E-state index contributed by atoms with van der Waals surface area (Å²) in [4.78, 5) is 16.2. The number of carboxylic acids is 1. The second-order valence-corrected chi connectivity index (χ2v) is 9.14. The van der Waals surface area contributed by atoms with E-state index in [2.05, 4.69) is 17.2 Å². The summed E-state index contributed by atoms with van der Waals surface area (Å²) in [6.07, 6.45) is 2.18. The molecule has 2 heterocycles. The maximum Gasteiger partial charge on any atom is 0.341 e. The van der Waals surface area contributed by atoms with Gasteiger partial charge in [0, 0.05) is 17.7 Å². The van der Waals surface area contributed by atoms with Gasteiger partial charge in [0.1, 0.15) is 22.9 Å². The lowest BCUT2D eigenvalue weighted by molar-refractivity contribution is -0.139. The number of carboxylic acid groups (broad SMARTS) is 1. The number of nitrogens with one attached hydrogen (secondary N) is 1. The Morgan fingerprint density at radius 3 is 2.58 bits per heavy atom. The molecule has 0 bridgehead atoms. The van der Waals surface area contributed by atoms with Gasteiger partial charge in [-0.05, 0) is 88.8 Å². The number of nitrogens with zero attached hydrogens (tertiary/aromatic N) is 1. The van der Waals surface area contributed by atoms with E-state index in [9.17, 15) is 4.79 Å². The third-order valence-electron chi connectivity index (χ3n) is 5.80. The smallest absolute Gasteiger partial charge is 0.341 e. The van der Waals surface area contributed by atoms with Gasteiger partial charge < -0.3 is 19.9 Å². The lowest BCUT2D eigenvalue weighted by Crippen LogP contribution is -2.40. The van der Waals surface area contributed by atoms with Gasteiger partial charge in [0.05, 0.1) is 4.99 Å². The lowest BCUT2D eigenvalue weighted by atomic mass is 9.85. The molecule has 1 aliphatic rings. The molecule has 1 unspecified atom stereocenters. The Morgan fingerprint density at radius 1 is 1.23 bits per heavy atom. The fourth-order valence-electron chi connectivity index (χ4n) is 4.19. The topological polar surface area (TPSA) is 80.7 Å². The number of carbonyl (C=O) groups is 1. The van der Waals surface area contributed by atoms with E-state index in [-0.39, 0.29) is 6.61 Å². The first kappa shape index (κ1) is 23.0. The van der Waals surface area contributed by atoms with Crippen molar-refractivity contribution in [2.75, 3.05) is 11.9 Å². The summed E-state index contributed by atoms with van der Waals surface area (Å²) >= 11 is 5.63. The monoisotopic (exact) mass is 442 g/mol. The fraction of sp³-hybridized carbons (Fsp3) is 0.458. The second-order valence-electron chi connectivity index (χ2n) is 8.64. The summed E-state index contributed by atoms with van der Waals surface area (Å²) in [5, 5.41) is 12.2. The fourth-order valence-corrected chi connectivity index (χ4v) is 4.60. The number of anilines is 1. The zero-order chi connectivity index (χ0) is 22.9. The summed E-state index contributed by atoms with van der Waals surface area (Å²) in [5.41, 5.74) is 5.54. The van der Waals surface area contributed by atoms with Crippen molar-refractivity contribution in [2.45, 2.75) is 66.4 Å². The molecule has 0 saturated heterocycles. The van der Waals surface area contributed by atoms with Crippen molar-refractivity contribution in [3.8, 4) is 11.5 Å². The number of fused-ring (bicyclic) bond motifs is 1. The van der Waals surface area contributed by atoms with E-state index >= 15 is 0 Å². The first-order valence-electron chi connectivity index (χ1n) is 10.4. The van der Waals surface area contributed by atoms with Crippen LogP contribution in [0.4, 0.5) is 5.82 Å². The van der Waals surface area contributed by atoms with Gasteiger partial charge in [-0.25, -0.2) is 9.78 Å². The quantitative estimate of drug-likeness (QED) is 0.609. The van der Waals surface area contributed by atoms with E-state index in [0.717, 1.165) is 57.9 Å². The summed E-state index contributed by atoms with van der Waals surface area (Å²) in [6.45, 7) is 11.6. The summed E-state index contributed by atoms with van der Waals surface area (Å²) in [7, 11) is 0. The average molecular weight is 443 g/mol. The molecule has 1 aromatic heterocycles. The Balaban J connectivity index is 1.80. The van der Waals surface area contributed by atoms with Crippen LogP contribution in [-0.2, 0) is 11.2 Å². The van der Waals surface area contributed by atoms with Crippen molar-refractivity contribution in [1.29, 1.82) is 0 Å². The molecule has 1 aromatic carbocycles. The number of aliphatic carboxylic acids is 1. The predicted octanol–water partition coefficient (Wildman–Crippen LogP) is 5.00. The summed E-state index contributed by atoms with van der Waals surface area (Å²) in [6, 6.07) is 4.01. The van der Waals surface area contributed by atoms with Gasteiger partial charge in [-0.3, -0.25) is 0 Å². The Labute approximate surface area is 189 Å². The van der Waals surface area contributed by atoms with E-state index in [4.69, 9.17) is 26.8 Å². The maximum absolute atomic E-state index is 11.0. The molecule has 6 nitrogen and oxygen atoms in total. The van der Waals surface area contributed by atoms with Crippen molar-refractivity contribution in [3.05, 3.63) is 45.6 Å². The Morgan fingerprint density at radius 2 is 1.94 bits per heavy atom. The number of hydrogen-bond donors (Lipinski definition) is 2. The molecule has 0 saturated carbocycles. The molecule has 0 fully saturated rings. The molecule has 0 radical (unpaired) electrons. The largest absolute Gasteiger partial charge is 0.487 e. The predicted molar refractivity (Wildman–Crippen MR) is 126 cm³/mol. The third-order valence-corrected chi connectivity index (χ3v) is 6.05. The van der Waals surface area contributed by atoms with Crippen molar-refractivity contribution in [3.63, 3.8) is 0 Å². The highest BCUT2D eigenvalue weighted by molar-refractivity contribution is 7.80. The molecule has 1 aliphatic heterocycles. The van der Waals surface area contributed by atoms with Gasteiger partial charge >= 0.3 is 5.97 Å². The highest BCUT2D eigenvalue weighted by atomic mass is 32.1. The molecule has 7 heteroatoms. The van der Waals surface area contributed by atoms with E-state index in [0.29, 0.717) is 17.2 Å². The Bertz CT molecular complexity index is 1030. The van der Waals surface area contributed by atoms with Crippen LogP contribution in [0.2, 0.25) is 0 Å². The van der Waals surface area contributed by atoms with Crippen molar-refractivity contribution in [2.24, 2.45) is 0 Å². The number of hydrogen-bond acceptors (Lipinski definition) is 5. The standard InChI is InChI=1S/C24H30N2O4S/c1-13-9-14(2)25-19(10-13)26-20(31)11-24(6)8-7-18-17(5)22(29-12-21(27)28)15(3)16(4)23(18)30-24/h9-10H,7-8,11-12H2,1-6H3,(H,27,28)(H,25,26,31).